The summed E-state index contributed by atoms with van der Waals surface area (Å²) in [5, 5.41) is 13.8. The quantitative estimate of drug-likeness (QED) is 0.184. The number of fused-ring (bicyclic) bond motifs is 4. The Hall–Kier alpha value is -5.52. The molecular formula is C46H40N2O2S. The molecule has 2 heterocycles. The molecule has 0 atom stereocenters. The maximum Gasteiger partial charge on any atom is 0.143 e. The fourth-order valence-corrected chi connectivity index (χ4v) is 7.74. The van der Waals surface area contributed by atoms with Gasteiger partial charge in [0.1, 0.15) is 21.9 Å². The Kier molecular flexibility index (Phi) is 7.92. The summed E-state index contributed by atoms with van der Waals surface area (Å²) < 4.78 is 7.63. The number of aromatic nitrogens is 1. The van der Waals surface area contributed by atoms with Gasteiger partial charge in [0.05, 0.1) is 15.9 Å². The van der Waals surface area contributed by atoms with Gasteiger partial charge in [0.25, 0.3) is 0 Å². The molecule has 0 radical (unpaired) electrons. The van der Waals surface area contributed by atoms with E-state index in [-0.39, 0.29) is 16.6 Å². The van der Waals surface area contributed by atoms with Crippen LogP contribution < -0.4 is 0 Å². The van der Waals surface area contributed by atoms with Crippen LogP contribution in [0.1, 0.15) is 58.2 Å². The number of phenolic OH excluding ortho intramolecular Hbond substituents is 1. The molecular weight excluding hydrogens is 645 g/mol. The summed E-state index contributed by atoms with van der Waals surface area (Å²) in [7, 11) is 0. The fraction of sp³-hybridized carbons (Fsp3) is 0.174. The normalized spacial score (nSPS) is 12.5. The Labute approximate surface area is 302 Å². The van der Waals surface area contributed by atoms with Crippen LogP contribution in [0.3, 0.4) is 0 Å². The Morgan fingerprint density at radius 3 is 2.12 bits per heavy atom. The van der Waals surface area contributed by atoms with Gasteiger partial charge in [-0.25, -0.2) is 4.98 Å². The summed E-state index contributed by atoms with van der Waals surface area (Å²) >= 11 is 1.67. The minimum atomic E-state index is -0.0485. The molecule has 0 aliphatic heterocycles. The van der Waals surface area contributed by atoms with Crippen LogP contribution in [0.15, 0.2) is 131 Å². The summed E-state index contributed by atoms with van der Waals surface area (Å²) in [6.45, 7) is 13.2. The first-order valence-corrected chi connectivity index (χ1v) is 18.2. The predicted octanol–water partition coefficient (Wildman–Crippen LogP) is 13.2. The van der Waals surface area contributed by atoms with E-state index in [0.717, 1.165) is 76.2 Å². The van der Waals surface area contributed by atoms with Crippen molar-refractivity contribution in [2.75, 3.05) is 0 Å². The standard InChI is InChI=1S/C46H40N2O2S/c1-45(2,3)31-20-18-28(19-21-31)29-25-37(35-15-11-14-34-33-12-8-10-17-40(33)50-43(34)35)42-41(26-29)51-44(48-42)36-13-7-9-16-38(36)47-27-30-24-32(46(4,5)6)22-23-39(30)49/h7-27,49H,1-6H3. The Bertz CT molecular complexity index is 2610. The monoisotopic (exact) mass is 684 g/mol. The average Bonchev–Trinajstić information content (AvgIpc) is 3.72. The van der Waals surface area contributed by atoms with Crippen LogP contribution in [0.25, 0.3) is 65.0 Å². The number of thiazole rings is 1. The fourth-order valence-electron chi connectivity index (χ4n) is 6.67. The first-order valence-electron chi connectivity index (χ1n) is 17.4. The molecule has 252 valence electrons. The number of para-hydroxylation sites is 3. The molecule has 5 heteroatoms. The molecule has 0 bridgehead atoms. The molecule has 0 saturated carbocycles. The number of aromatic hydroxyl groups is 1. The third-order valence-corrected chi connectivity index (χ3v) is 10.7. The van der Waals surface area contributed by atoms with Gasteiger partial charge in [-0.05, 0) is 75.5 Å². The van der Waals surface area contributed by atoms with Crippen LogP contribution in [-0.2, 0) is 10.8 Å². The van der Waals surface area contributed by atoms with Crippen LogP contribution in [0, 0.1) is 0 Å². The minimum absolute atomic E-state index is 0.0485. The summed E-state index contributed by atoms with van der Waals surface area (Å²) in [6.07, 6.45) is 1.75. The van der Waals surface area contributed by atoms with E-state index in [0.29, 0.717) is 5.56 Å². The van der Waals surface area contributed by atoms with E-state index in [1.54, 1.807) is 23.6 Å². The number of nitrogens with zero attached hydrogens (tertiary/aromatic N) is 2. The highest BCUT2D eigenvalue weighted by molar-refractivity contribution is 7.21. The topological polar surface area (TPSA) is 58.6 Å². The molecule has 8 aromatic rings. The van der Waals surface area contributed by atoms with E-state index in [4.69, 9.17) is 14.4 Å². The molecule has 1 N–H and O–H groups in total. The summed E-state index contributed by atoms with van der Waals surface area (Å²) in [5.41, 5.74) is 11.8. The number of hydrogen-bond donors (Lipinski definition) is 1. The second-order valence-corrected chi connectivity index (χ2v) is 16.3. The molecule has 6 aromatic carbocycles. The third-order valence-electron chi connectivity index (χ3n) is 9.64. The van der Waals surface area contributed by atoms with Crippen LogP contribution >= 0.6 is 11.3 Å². The lowest BCUT2D eigenvalue weighted by Crippen LogP contribution is -2.11. The number of hydrogen-bond acceptors (Lipinski definition) is 5. The van der Waals surface area contributed by atoms with Crippen molar-refractivity contribution in [2.24, 2.45) is 4.99 Å². The minimum Gasteiger partial charge on any atom is -0.507 e. The van der Waals surface area contributed by atoms with Gasteiger partial charge in [0.15, 0.2) is 0 Å². The van der Waals surface area contributed by atoms with Gasteiger partial charge in [0.2, 0.25) is 0 Å². The molecule has 0 saturated heterocycles. The lowest BCUT2D eigenvalue weighted by Gasteiger charge is -2.19. The van der Waals surface area contributed by atoms with Crippen molar-refractivity contribution < 1.29 is 9.52 Å². The Balaban J connectivity index is 1.30. The molecule has 0 unspecified atom stereocenters. The highest BCUT2D eigenvalue weighted by atomic mass is 32.1. The van der Waals surface area contributed by atoms with E-state index in [1.165, 1.54) is 5.56 Å². The number of furan rings is 1. The molecule has 0 amide bonds. The molecule has 2 aromatic heterocycles. The molecule has 0 fully saturated rings. The highest BCUT2D eigenvalue weighted by Crippen LogP contribution is 2.44. The SMILES string of the molecule is CC(C)(C)c1ccc(-c2cc(-c3cccc4c3oc3ccccc34)c3nc(-c4ccccc4N=Cc4cc(C(C)(C)C)ccc4O)sc3c2)cc1. The maximum atomic E-state index is 10.7. The number of rotatable bonds is 5. The van der Waals surface area contributed by atoms with E-state index in [1.807, 2.05) is 42.5 Å². The van der Waals surface area contributed by atoms with Crippen molar-refractivity contribution in [1.29, 1.82) is 0 Å². The van der Waals surface area contributed by atoms with Crippen molar-refractivity contribution >= 4 is 55.4 Å². The van der Waals surface area contributed by atoms with Crippen molar-refractivity contribution in [2.45, 2.75) is 52.4 Å². The van der Waals surface area contributed by atoms with Gasteiger partial charge < -0.3 is 9.52 Å². The number of benzene rings is 6. The van der Waals surface area contributed by atoms with Crippen molar-refractivity contribution in [3.8, 4) is 38.6 Å². The Morgan fingerprint density at radius 2 is 1.33 bits per heavy atom. The van der Waals surface area contributed by atoms with Crippen LogP contribution in [0.2, 0.25) is 0 Å². The van der Waals surface area contributed by atoms with Gasteiger partial charge in [-0.3, -0.25) is 4.99 Å². The van der Waals surface area contributed by atoms with Crippen LogP contribution in [-0.4, -0.2) is 16.3 Å². The Morgan fingerprint density at radius 1 is 0.647 bits per heavy atom. The van der Waals surface area contributed by atoms with Gasteiger partial charge in [-0.2, -0.15) is 0 Å². The van der Waals surface area contributed by atoms with Crippen molar-refractivity contribution in [1.82, 2.24) is 4.98 Å². The molecule has 4 nitrogen and oxygen atoms in total. The molecule has 0 aliphatic carbocycles. The smallest absolute Gasteiger partial charge is 0.143 e. The van der Waals surface area contributed by atoms with E-state index in [2.05, 4.69) is 114 Å². The largest absolute Gasteiger partial charge is 0.507 e. The van der Waals surface area contributed by atoms with Crippen LogP contribution in [0.5, 0.6) is 5.75 Å². The summed E-state index contributed by atoms with van der Waals surface area (Å²) in [6, 6.07) is 41.9. The molecule has 8 rings (SSSR count). The van der Waals surface area contributed by atoms with E-state index < -0.39 is 0 Å². The van der Waals surface area contributed by atoms with Crippen molar-refractivity contribution in [3.05, 3.63) is 138 Å². The lowest BCUT2D eigenvalue weighted by atomic mass is 9.86. The summed E-state index contributed by atoms with van der Waals surface area (Å²) in [4.78, 5) is 10.2. The molecule has 0 aliphatic rings. The zero-order valence-corrected chi connectivity index (χ0v) is 30.6. The van der Waals surface area contributed by atoms with Gasteiger partial charge >= 0.3 is 0 Å². The highest BCUT2D eigenvalue weighted by Gasteiger charge is 2.21. The summed E-state index contributed by atoms with van der Waals surface area (Å²) in [5.74, 6) is 0.205. The van der Waals surface area contributed by atoms with Gasteiger partial charge in [-0.15, -0.1) is 11.3 Å². The van der Waals surface area contributed by atoms with E-state index in [9.17, 15) is 5.11 Å². The molecule has 51 heavy (non-hydrogen) atoms. The first-order chi connectivity index (χ1) is 24.4. The second-order valence-electron chi connectivity index (χ2n) is 15.3. The second kappa shape index (κ2) is 12.4. The maximum absolute atomic E-state index is 10.7. The third kappa shape index (κ3) is 6.12. The number of aliphatic imine (C=N–C) groups is 1. The van der Waals surface area contributed by atoms with E-state index >= 15 is 0 Å². The van der Waals surface area contributed by atoms with Crippen molar-refractivity contribution in [3.63, 3.8) is 0 Å². The molecule has 0 spiro atoms. The van der Waals surface area contributed by atoms with Gasteiger partial charge in [-0.1, -0.05) is 120 Å². The van der Waals surface area contributed by atoms with Gasteiger partial charge in [0, 0.05) is 39.2 Å². The zero-order chi connectivity index (χ0) is 35.5. The average molecular weight is 685 g/mol. The first kappa shape index (κ1) is 32.7. The predicted molar refractivity (Wildman–Crippen MR) is 216 cm³/mol. The zero-order valence-electron chi connectivity index (χ0n) is 29.8. The lowest BCUT2D eigenvalue weighted by molar-refractivity contribution is 0.473. The van der Waals surface area contributed by atoms with Crippen LogP contribution in [0.4, 0.5) is 5.69 Å². The number of phenols is 1.